The van der Waals surface area contributed by atoms with Gasteiger partial charge in [-0.1, -0.05) is 12.1 Å². The first-order valence-electron chi connectivity index (χ1n) is 9.64. The number of aromatic nitrogens is 2. The van der Waals surface area contributed by atoms with Gasteiger partial charge in [0.1, 0.15) is 5.01 Å². The van der Waals surface area contributed by atoms with Gasteiger partial charge in [-0.2, -0.15) is 13.2 Å². The normalized spacial score (nSPS) is 10.9. The van der Waals surface area contributed by atoms with Crippen molar-refractivity contribution in [1.82, 2.24) is 20.6 Å². The molecule has 2 aromatic heterocycles. The highest BCUT2D eigenvalue weighted by Crippen LogP contribution is 2.37. The maximum atomic E-state index is 12.4. The third-order valence-corrected chi connectivity index (χ3v) is 6.34. The van der Waals surface area contributed by atoms with Gasteiger partial charge in [-0.15, -0.1) is 22.7 Å². The highest BCUT2D eigenvalue weighted by atomic mass is 32.2. The number of hydrogen-bond donors (Lipinski definition) is 4. The van der Waals surface area contributed by atoms with E-state index in [-0.39, 0.29) is 42.1 Å². The first-order chi connectivity index (χ1) is 16.2. The third-order valence-electron chi connectivity index (χ3n) is 3.73. The average molecular weight is 534 g/mol. The number of amides is 2. The molecule has 2 heterocycles. The lowest BCUT2D eigenvalue weighted by molar-refractivity contribution is -0.115. The number of thiazole rings is 2. The SMILES string of the molecule is CNC.O=CNCc1nc(CO)sc1-c1csc(NC(=O)Cc2ccc(SC(F)(F)F)cc2)n1. The Balaban J connectivity index is 0.00000129. The number of anilines is 1. The van der Waals surface area contributed by atoms with E-state index in [1.165, 1.54) is 46.9 Å². The fourth-order valence-corrected chi connectivity index (χ4v) is 4.75. The molecule has 4 N–H and O–H groups in total. The van der Waals surface area contributed by atoms with Gasteiger partial charge in [-0.05, 0) is 43.6 Å². The number of carbonyl (C=O) groups is 2. The van der Waals surface area contributed by atoms with Crippen molar-refractivity contribution in [2.75, 3.05) is 19.4 Å². The van der Waals surface area contributed by atoms with Crippen molar-refractivity contribution < 1.29 is 27.9 Å². The first kappa shape index (κ1) is 27.7. The number of carbonyl (C=O) groups excluding carboxylic acids is 2. The molecule has 1 aromatic carbocycles. The van der Waals surface area contributed by atoms with Gasteiger partial charge >= 0.3 is 5.51 Å². The van der Waals surface area contributed by atoms with Crippen LogP contribution in [0.1, 0.15) is 16.3 Å². The number of aliphatic hydroxyl groups excluding tert-OH is 1. The summed E-state index contributed by atoms with van der Waals surface area (Å²) in [5, 5.41) is 19.8. The fraction of sp³-hybridized carbons (Fsp3) is 0.300. The summed E-state index contributed by atoms with van der Waals surface area (Å²) in [7, 11) is 3.75. The molecule has 0 unspecified atom stereocenters. The van der Waals surface area contributed by atoms with Crippen molar-refractivity contribution in [1.29, 1.82) is 0 Å². The van der Waals surface area contributed by atoms with Gasteiger partial charge in [0.15, 0.2) is 5.13 Å². The molecule has 0 saturated carbocycles. The maximum absolute atomic E-state index is 12.4. The molecule has 0 saturated heterocycles. The van der Waals surface area contributed by atoms with E-state index in [9.17, 15) is 27.9 Å². The highest BCUT2D eigenvalue weighted by Gasteiger charge is 2.29. The van der Waals surface area contributed by atoms with Crippen LogP contribution < -0.4 is 16.0 Å². The van der Waals surface area contributed by atoms with E-state index in [0.29, 0.717) is 38.4 Å². The highest BCUT2D eigenvalue weighted by molar-refractivity contribution is 8.00. The lowest BCUT2D eigenvalue weighted by atomic mass is 10.1. The van der Waals surface area contributed by atoms with Crippen LogP contribution in [0.4, 0.5) is 18.3 Å². The van der Waals surface area contributed by atoms with E-state index < -0.39 is 5.51 Å². The Hall–Kier alpha value is -2.52. The molecule has 0 aliphatic heterocycles. The largest absolute Gasteiger partial charge is 0.446 e. The van der Waals surface area contributed by atoms with Crippen LogP contribution in [-0.2, 0) is 29.2 Å². The van der Waals surface area contributed by atoms with Crippen LogP contribution in [0.5, 0.6) is 0 Å². The third kappa shape index (κ3) is 9.02. The summed E-state index contributed by atoms with van der Waals surface area (Å²) in [6, 6.07) is 5.58. The molecular formula is C20H22F3N5O3S3. The van der Waals surface area contributed by atoms with E-state index in [1.807, 2.05) is 14.1 Å². The predicted molar refractivity (Wildman–Crippen MR) is 128 cm³/mol. The molecule has 0 aliphatic rings. The Labute approximate surface area is 206 Å². The molecule has 0 spiro atoms. The van der Waals surface area contributed by atoms with Crippen molar-refractivity contribution >= 4 is 51.9 Å². The molecule has 8 nitrogen and oxygen atoms in total. The molecule has 34 heavy (non-hydrogen) atoms. The van der Waals surface area contributed by atoms with Crippen LogP contribution in [0.2, 0.25) is 0 Å². The van der Waals surface area contributed by atoms with Crippen LogP contribution in [0.25, 0.3) is 10.6 Å². The number of aliphatic hydroxyl groups is 1. The second-order valence-electron chi connectivity index (χ2n) is 6.49. The van der Waals surface area contributed by atoms with Gasteiger partial charge in [0.25, 0.3) is 0 Å². The summed E-state index contributed by atoms with van der Waals surface area (Å²) in [5.74, 6) is -0.361. The number of halogens is 3. The molecule has 0 bridgehead atoms. The van der Waals surface area contributed by atoms with E-state index in [2.05, 4.69) is 25.9 Å². The zero-order valence-corrected chi connectivity index (χ0v) is 20.6. The Bertz CT molecular complexity index is 1070. The van der Waals surface area contributed by atoms with E-state index in [0.717, 1.165) is 0 Å². The van der Waals surface area contributed by atoms with Crippen LogP contribution in [-0.4, -0.2) is 47.0 Å². The zero-order chi connectivity index (χ0) is 25.1. The van der Waals surface area contributed by atoms with E-state index in [1.54, 1.807) is 5.38 Å². The van der Waals surface area contributed by atoms with Crippen LogP contribution in [0, 0.1) is 0 Å². The molecule has 3 rings (SSSR count). The van der Waals surface area contributed by atoms with Crippen molar-refractivity contribution in [3.63, 3.8) is 0 Å². The van der Waals surface area contributed by atoms with Gasteiger partial charge in [-0.3, -0.25) is 9.59 Å². The van der Waals surface area contributed by atoms with Gasteiger partial charge in [0.05, 0.1) is 35.8 Å². The lowest BCUT2D eigenvalue weighted by Crippen LogP contribution is -2.14. The van der Waals surface area contributed by atoms with Crippen molar-refractivity contribution in [2.45, 2.75) is 30.0 Å². The van der Waals surface area contributed by atoms with Crippen LogP contribution >= 0.6 is 34.4 Å². The maximum Gasteiger partial charge on any atom is 0.446 e. The minimum absolute atomic E-state index is 0.0183. The second kappa shape index (κ2) is 13.4. The predicted octanol–water partition coefficient (Wildman–Crippen LogP) is 3.63. The van der Waals surface area contributed by atoms with Gasteiger partial charge in [0.2, 0.25) is 12.3 Å². The molecule has 0 atom stereocenters. The Morgan fingerprint density at radius 1 is 1.21 bits per heavy atom. The number of hydrogen-bond acceptors (Lipinski definition) is 9. The minimum Gasteiger partial charge on any atom is -0.389 e. The van der Waals surface area contributed by atoms with Crippen molar-refractivity contribution in [2.24, 2.45) is 0 Å². The number of rotatable bonds is 9. The Kier molecular flexibility index (Phi) is 10.9. The zero-order valence-electron chi connectivity index (χ0n) is 18.1. The molecule has 3 aromatic rings. The van der Waals surface area contributed by atoms with Crippen molar-refractivity contribution in [3.8, 4) is 10.6 Å². The summed E-state index contributed by atoms with van der Waals surface area (Å²) in [4.78, 5) is 32.2. The first-order valence-corrected chi connectivity index (χ1v) is 12.2. The average Bonchev–Trinajstić information content (AvgIpc) is 3.39. The number of benzene rings is 1. The van der Waals surface area contributed by atoms with Gasteiger partial charge in [-0.25, -0.2) is 9.97 Å². The second-order valence-corrected chi connectivity index (χ2v) is 9.58. The molecular weight excluding hydrogens is 511 g/mol. The molecule has 0 aliphatic carbocycles. The smallest absolute Gasteiger partial charge is 0.389 e. The lowest BCUT2D eigenvalue weighted by Gasteiger charge is -2.06. The molecule has 14 heteroatoms. The standard InChI is InChI=1S/C18H15F3N4O3S3.C2H7N/c19-18(20,21)31-11-3-1-10(2-4-11)5-14(28)25-17-24-13(8-29-17)16-12(6-22-9-27)23-15(7-26)30-16;1-3-2/h1-4,8-9,26H,5-7H2,(H,22,27)(H,24,25,28);3H,1-2H3. The quantitative estimate of drug-likeness (QED) is 0.245. The van der Waals surface area contributed by atoms with E-state index >= 15 is 0 Å². The number of nitrogens with one attached hydrogen (secondary N) is 3. The summed E-state index contributed by atoms with van der Waals surface area (Å²) in [5.41, 5.74) is -2.69. The van der Waals surface area contributed by atoms with Crippen LogP contribution in [0.15, 0.2) is 34.5 Å². The Morgan fingerprint density at radius 3 is 2.47 bits per heavy atom. The fourth-order valence-electron chi connectivity index (χ4n) is 2.52. The summed E-state index contributed by atoms with van der Waals surface area (Å²) < 4.78 is 37.2. The van der Waals surface area contributed by atoms with Crippen LogP contribution in [0.3, 0.4) is 0 Å². The summed E-state index contributed by atoms with van der Waals surface area (Å²) >= 11 is 2.22. The summed E-state index contributed by atoms with van der Waals surface area (Å²) in [6.07, 6.45) is 0.526. The van der Waals surface area contributed by atoms with E-state index in [4.69, 9.17) is 0 Å². The van der Waals surface area contributed by atoms with Gasteiger partial charge < -0.3 is 21.1 Å². The minimum atomic E-state index is -4.36. The molecule has 0 fully saturated rings. The number of nitrogens with zero attached hydrogens (tertiary/aromatic N) is 2. The summed E-state index contributed by atoms with van der Waals surface area (Å²) in [6.45, 7) is -0.0656. The number of thioether (sulfide) groups is 1. The van der Waals surface area contributed by atoms with Crippen molar-refractivity contribution in [3.05, 3.63) is 45.9 Å². The number of alkyl halides is 3. The molecule has 0 radical (unpaired) electrons. The topological polar surface area (TPSA) is 116 Å². The monoisotopic (exact) mass is 533 g/mol. The molecule has 2 amide bonds. The Morgan fingerprint density at radius 2 is 1.88 bits per heavy atom. The molecule has 184 valence electrons. The van der Waals surface area contributed by atoms with Gasteiger partial charge in [0, 0.05) is 10.3 Å².